The molecule has 6 atom stereocenters. The summed E-state index contributed by atoms with van der Waals surface area (Å²) >= 11 is 0. The van der Waals surface area contributed by atoms with Crippen molar-refractivity contribution in [3.05, 3.63) is 213 Å². The molecule has 4 aliphatic heterocycles. The Labute approximate surface area is 532 Å². The van der Waals surface area contributed by atoms with E-state index in [1.54, 1.807) is 121 Å². The molecule has 0 N–H and O–H groups in total. The molecule has 0 unspecified atom stereocenters. The van der Waals surface area contributed by atoms with Crippen LogP contribution in [0.3, 0.4) is 0 Å². The summed E-state index contributed by atoms with van der Waals surface area (Å²) in [6, 6.07) is 41.8. The molecule has 0 aromatic heterocycles. The van der Waals surface area contributed by atoms with Crippen molar-refractivity contribution < 1.29 is 90.8 Å². The lowest BCUT2D eigenvalue weighted by Gasteiger charge is -2.55. The second-order valence-corrected chi connectivity index (χ2v) is 23.5. The van der Waals surface area contributed by atoms with Crippen LogP contribution in [0.4, 0.5) is 62.3 Å². The molecule has 0 aliphatic carbocycles. The van der Waals surface area contributed by atoms with Gasteiger partial charge in [-0.15, -0.1) is 0 Å². The highest BCUT2D eigenvalue weighted by Crippen LogP contribution is 2.49. The van der Waals surface area contributed by atoms with Crippen LogP contribution in [0.2, 0.25) is 0 Å². The number of amides is 4. The lowest BCUT2D eigenvalue weighted by atomic mass is 9.73. The Balaban J connectivity index is 0.000000221. The smallest absolute Gasteiger partial charge is 0.416 e. The minimum Gasteiger partial charge on any atom is -0.445 e. The van der Waals surface area contributed by atoms with Gasteiger partial charge in [0.15, 0.2) is 0 Å². The Bertz CT molecular complexity index is 3470. The molecule has 4 aliphatic rings. The minimum absolute atomic E-state index is 0.0475. The molecule has 0 radical (unpaired) electrons. The minimum atomic E-state index is -5.04. The van der Waals surface area contributed by atoms with Crippen molar-refractivity contribution in [1.82, 2.24) is 19.6 Å². The molecule has 6 aromatic carbocycles. The van der Waals surface area contributed by atoms with Crippen LogP contribution in [0.1, 0.15) is 120 Å². The van der Waals surface area contributed by atoms with Crippen LogP contribution in [0.15, 0.2) is 158 Å². The third-order valence-corrected chi connectivity index (χ3v) is 17.7. The number of halogens is 12. The highest BCUT2D eigenvalue weighted by molar-refractivity contribution is 5.84. The predicted molar refractivity (Wildman–Crippen MR) is 312 cm³/mol. The Morgan fingerprint density at radius 1 is 0.468 bits per heavy atom. The number of hydrogen-bond acceptors (Lipinski definition) is 10. The Hall–Kier alpha value is -9.14. The fraction of sp³-hybridized carbons (Fsp3) is 0.382. The van der Waals surface area contributed by atoms with Gasteiger partial charge in [-0.2, -0.15) is 63.2 Å². The van der Waals surface area contributed by atoms with Crippen LogP contribution in [0.25, 0.3) is 0 Å². The molecule has 496 valence electrons. The van der Waals surface area contributed by atoms with Gasteiger partial charge in [0.1, 0.15) is 24.3 Å². The van der Waals surface area contributed by atoms with E-state index in [2.05, 4.69) is 12.1 Å². The zero-order chi connectivity index (χ0) is 68.1. The molecule has 0 spiro atoms. The normalized spacial score (nSPS) is 22.3. The van der Waals surface area contributed by atoms with Crippen LogP contribution >= 0.6 is 0 Å². The van der Waals surface area contributed by atoms with Crippen molar-refractivity contribution >= 4 is 24.0 Å². The summed E-state index contributed by atoms with van der Waals surface area (Å²) in [5, 5.41) is 20.7. The second-order valence-electron chi connectivity index (χ2n) is 23.5. The van der Waals surface area contributed by atoms with E-state index < -0.39 is 93.5 Å². The number of likely N-dealkylation sites (tertiary alicyclic amines) is 4. The maximum Gasteiger partial charge on any atom is 0.416 e. The van der Waals surface area contributed by atoms with E-state index in [0.717, 1.165) is 0 Å². The van der Waals surface area contributed by atoms with E-state index in [1.165, 1.54) is 33.4 Å². The fourth-order valence-corrected chi connectivity index (χ4v) is 12.1. The fourth-order valence-electron chi connectivity index (χ4n) is 12.1. The van der Waals surface area contributed by atoms with Crippen molar-refractivity contribution in [3.63, 3.8) is 0 Å². The second kappa shape index (κ2) is 27.4. The van der Waals surface area contributed by atoms with Crippen molar-refractivity contribution in [2.45, 2.75) is 125 Å². The third-order valence-electron chi connectivity index (χ3n) is 17.7. The molecule has 14 nitrogen and oxygen atoms in total. The number of benzene rings is 6. The van der Waals surface area contributed by atoms with Crippen LogP contribution in [-0.4, -0.2) is 94.1 Å². The van der Waals surface area contributed by atoms with E-state index in [-0.39, 0.29) is 113 Å². The first kappa shape index (κ1) is 69.2. The Morgan fingerprint density at radius 2 is 0.766 bits per heavy atom. The van der Waals surface area contributed by atoms with E-state index in [9.17, 15) is 82.4 Å². The van der Waals surface area contributed by atoms with Gasteiger partial charge in [-0.25, -0.2) is 9.59 Å². The summed E-state index contributed by atoms with van der Waals surface area (Å²) in [4.78, 5) is 58.5. The summed E-state index contributed by atoms with van der Waals surface area (Å²) in [6.45, 7) is 1.79. The maximum absolute atomic E-state index is 14.0. The Kier molecular flexibility index (Phi) is 20.2. The third kappa shape index (κ3) is 14.9. The Morgan fingerprint density at radius 3 is 1.02 bits per heavy atom. The number of ether oxygens (including phenoxy) is 4. The molecule has 4 fully saturated rings. The average molecular weight is 1320 g/mol. The van der Waals surface area contributed by atoms with Gasteiger partial charge in [0.05, 0.1) is 84.0 Å². The SMILES string of the molecule is C[C@@H](OC[C@@]1(c2ccccc2)CC[C@](C#N)(N2CCC2=O)CN1C(=O)OCc1ccccc1)c1cc(C(F)(F)F)cc(C(F)(F)F)c1.C[C@@H](OC[C@@]1(c2ccccc2)CC[C@](C#N)(N2CCC2=O)CN1C(=O)OCc1ccccc1)c1cc(C(F)(F)F)cc(C(F)(F)F)c1. The highest BCUT2D eigenvalue weighted by atomic mass is 19.4. The topological polar surface area (TPSA) is 166 Å². The first-order valence-electron chi connectivity index (χ1n) is 29.7. The molecule has 10 rings (SSSR count). The van der Waals surface area contributed by atoms with Crippen molar-refractivity contribution in [2.75, 3.05) is 39.4 Å². The van der Waals surface area contributed by atoms with E-state index in [1.807, 2.05) is 0 Å². The number of piperidine rings is 2. The number of rotatable bonds is 16. The number of nitriles is 2. The van der Waals surface area contributed by atoms with E-state index >= 15 is 0 Å². The highest BCUT2D eigenvalue weighted by Gasteiger charge is 2.59. The molecular weight excluding hydrogens is 1260 g/mol. The molecule has 94 heavy (non-hydrogen) atoms. The quantitative estimate of drug-likeness (QED) is 0.0672. The molecule has 26 heteroatoms. The average Bonchev–Trinajstić information content (AvgIpc) is 0.735. The summed E-state index contributed by atoms with van der Waals surface area (Å²) < 4.78 is 187. The summed E-state index contributed by atoms with van der Waals surface area (Å²) in [6.07, 6.45) is -23.5. The molecular formula is C68H62F12N6O8. The first-order chi connectivity index (χ1) is 44.4. The van der Waals surface area contributed by atoms with Crippen LogP contribution in [-0.2, 0) is 77.5 Å². The lowest BCUT2D eigenvalue weighted by molar-refractivity contribution is -0.153. The van der Waals surface area contributed by atoms with Gasteiger partial charge in [-0.1, -0.05) is 121 Å². The monoisotopic (exact) mass is 1320 g/mol. The summed E-state index contributed by atoms with van der Waals surface area (Å²) in [7, 11) is 0. The standard InChI is InChI=1S/2C34H31F6N3O4/c2*1-23(25-16-27(33(35,36)37)18-28(17-25)34(38,39)40)47-22-32(26-10-6-3-7-11-26)14-13-31(20-41,42-15-12-29(42)44)21-43(32)30(45)46-19-24-8-4-2-5-9-24/h2*2-11,16-18,23H,12-15,19,21-22H2,1H3/t2*23-,31-,32-/m11/s1. The largest absolute Gasteiger partial charge is 0.445 e. The number of carbonyl (C=O) groups is 4. The van der Waals surface area contributed by atoms with E-state index in [4.69, 9.17) is 18.9 Å². The van der Waals surface area contributed by atoms with Crippen LogP contribution in [0, 0.1) is 22.7 Å². The molecule has 4 saturated heterocycles. The number of alkyl halides is 12. The van der Waals surface area contributed by atoms with Gasteiger partial charge in [0.25, 0.3) is 0 Å². The zero-order valence-corrected chi connectivity index (χ0v) is 50.6. The number of β-lactam (4-membered cyclic amide) rings is 2. The van der Waals surface area contributed by atoms with Gasteiger partial charge in [0, 0.05) is 25.9 Å². The molecule has 6 aromatic rings. The van der Waals surface area contributed by atoms with Crippen LogP contribution in [0.5, 0.6) is 0 Å². The number of nitrogens with zero attached hydrogens (tertiary/aromatic N) is 6. The molecule has 0 saturated carbocycles. The summed E-state index contributed by atoms with van der Waals surface area (Å²) in [5.74, 6) is -0.488. The predicted octanol–water partition coefficient (Wildman–Crippen LogP) is 15.2. The maximum atomic E-state index is 14.0. The van der Waals surface area contributed by atoms with Gasteiger partial charge in [-0.05, 0) is 109 Å². The first-order valence-corrected chi connectivity index (χ1v) is 29.7. The van der Waals surface area contributed by atoms with Crippen molar-refractivity contribution in [1.29, 1.82) is 10.5 Å². The van der Waals surface area contributed by atoms with Crippen molar-refractivity contribution in [3.8, 4) is 12.1 Å². The lowest BCUT2D eigenvalue weighted by Crippen LogP contribution is -2.69. The van der Waals surface area contributed by atoms with Crippen molar-refractivity contribution in [2.24, 2.45) is 0 Å². The molecule has 0 bridgehead atoms. The van der Waals surface area contributed by atoms with Gasteiger partial charge < -0.3 is 28.7 Å². The summed E-state index contributed by atoms with van der Waals surface area (Å²) in [5.41, 5.74) is -9.66. The number of hydrogen-bond donors (Lipinski definition) is 0. The molecule has 4 heterocycles. The molecule has 4 amide bonds. The van der Waals surface area contributed by atoms with Gasteiger partial charge in [0.2, 0.25) is 11.8 Å². The van der Waals surface area contributed by atoms with Gasteiger partial charge in [-0.3, -0.25) is 19.4 Å². The number of carbonyl (C=O) groups excluding carboxylic acids is 4. The van der Waals surface area contributed by atoms with Crippen LogP contribution < -0.4 is 0 Å². The zero-order valence-electron chi connectivity index (χ0n) is 50.6. The van der Waals surface area contributed by atoms with Gasteiger partial charge >= 0.3 is 36.9 Å². The van der Waals surface area contributed by atoms with E-state index in [0.29, 0.717) is 59.6 Å².